The fraction of sp³-hybridized carbons (Fsp3) is 0.500. The van der Waals surface area contributed by atoms with E-state index in [0.717, 1.165) is 43.5 Å². The van der Waals surface area contributed by atoms with E-state index in [9.17, 15) is 14.0 Å². The zero-order valence-corrected chi connectivity index (χ0v) is 21.2. The molecule has 2 aromatic rings. The quantitative estimate of drug-likeness (QED) is 0.636. The van der Waals surface area contributed by atoms with Crippen LogP contribution in [0.4, 0.5) is 10.1 Å². The number of carbonyl (C=O) groups excluding carboxylic acids is 2. The minimum Gasteiger partial charge on any atom is -0.368 e. The van der Waals surface area contributed by atoms with Gasteiger partial charge in [0.05, 0.1) is 11.3 Å². The van der Waals surface area contributed by atoms with Gasteiger partial charge in [-0.3, -0.25) is 19.5 Å². The molecule has 3 heterocycles. The Labute approximate surface area is 210 Å². The van der Waals surface area contributed by atoms with E-state index in [4.69, 9.17) is 16.3 Å². The zero-order valence-electron chi connectivity index (χ0n) is 20.4. The molecule has 0 aliphatic carbocycles. The van der Waals surface area contributed by atoms with Crippen LogP contribution >= 0.6 is 11.6 Å². The lowest BCUT2D eigenvalue weighted by molar-refractivity contribution is -0.146. The normalized spacial score (nSPS) is 20.8. The molecule has 1 aromatic carbocycles. The molecular formula is C26H32ClFN4O3. The average molecular weight is 503 g/mol. The number of nitrogens with zero attached hydrogens (tertiary/aromatic N) is 3. The molecule has 0 radical (unpaired) electrons. The highest BCUT2D eigenvalue weighted by atomic mass is 35.5. The second-order valence-corrected chi connectivity index (χ2v) is 9.75. The van der Waals surface area contributed by atoms with Crippen LogP contribution in [0.15, 0.2) is 24.4 Å². The number of ether oxygens (including phenoxy) is 1. The summed E-state index contributed by atoms with van der Waals surface area (Å²) < 4.78 is 19.5. The van der Waals surface area contributed by atoms with Gasteiger partial charge in [-0.15, -0.1) is 0 Å². The van der Waals surface area contributed by atoms with Crippen molar-refractivity contribution in [3.05, 3.63) is 57.6 Å². The van der Waals surface area contributed by atoms with E-state index in [-0.39, 0.29) is 29.3 Å². The third kappa shape index (κ3) is 5.82. The van der Waals surface area contributed by atoms with Crippen molar-refractivity contribution in [3.8, 4) is 0 Å². The fourth-order valence-electron chi connectivity index (χ4n) is 4.76. The minimum absolute atomic E-state index is 0.111. The summed E-state index contributed by atoms with van der Waals surface area (Å²) in [7, 11) is 0. The molecule has 2 aliphatic rings. The lowest BCUT2D eigenvalue weighted by Crippen LogP contribution is -2.56. The molecule has 0 spiro atoms. The Hall–Kier alpha value is -2.55. The van der Waals surface area contributed by atoms with Gasteiger partial charge in [-0.05, 0) is 62.4 Å². The number of carbonyl (C=O) groups is 2. The van der Waals surface area contributed by atoms with E-state index in [2.05, 4.69) is 22.1 Å². The number of nitrogens with one attached hydrogen (secondary N) is 1. The minimum atomic E-state index is -0.524. The van der Waals surface area contributed by atoms with Gasteiger partial charge in [-0.2, -0.15) is 0 Å². The molecule has 4 rings (SSSR count). The molecule has 35 heavy (non-hydrogen) atoms. The van der Waals surface area contributed by atoms with Gasteiger partial charge in [0.2, 0.25) is 0 Å². The summed E-state index contributed by atoms with van der Waals surface area (Å²) in [6.07, 6.45) is 3.67. The summed E-state index contributed by atoms with van der Waals surface area (Å²) in [5.74, 6) is -0.858. The summed E-state index contributed by atoms with van der Waals surface area (Å²) in [6.45, 7) is 9.06. The predicted molar refractivity (Wildman–Crippen MR) is 133 cm³/mol. The average Bonchev–Trinajstić information content (AvgIpc) is 3.38. The second kappa shape index (κ2) is 11.0. The number of hydrogen-bond donors (Lipinski definition) is 1. The van der Waals surface area contributed by atoms with E-state index in [0.29, 0.717) is 30.4 Å². The van der Waals surface area contributed by atoms with Crippen LogP contribution in [-0.2, 0) is 16.1 Å². The summed E-state index contributed by atoms with van der Waals surface area (Å²) >= 11 is 6.40. The smallest absolute Gasteiger partial charge is 0.257 e. The second-order valence-electron chi connectivity index (χ2n) is 9.31. The number of piperazine rings is 1. The van der Waals surface area contributed by atoms with Gasteiger partial charge >= 0.3 is 0 Å². The van der Waals surface area contributed by atoms with E-state index in [1.54, 1.807) is 13.0 Å². The molecule has 0 bridgehead atoms. The molecular weight excluding hydrogens is 471 g/mol. The third-order valence-electron chi connectivity index (χ3n) is 6.94. The highest BCUT2D eigenvalue weighted by Crippen LogP contribution is 2.28. The van der Waals surface area contributed by atoms with Crippen molar-refractivity contribution in [1.82, 2.24) is 14.8 Å². The first-order valence-electron chi connectivity index (χ1n) is 12.1. The SMILES string of the molecule is CC[C@H]1CN(Cc2cc(Cl)cc(NC(=O)c3cnc(C)c(F)c3)c2C)CCN1C(=O)[C@H]1CCCO1. The number of rotatable bonds is 6. The van der Waals surface area contributed by atoms with Gasteiger partial charge in [0.25, 0.3) is 11.8 Å². The Bertz CT molecular complexity index is 1110. The Kier molecular flexibility index (Phi) is 8.04. The molecule has 2 atom stereocenters. The molecule has 0 unspecified atom stereocenters. The molecule has 0 saturated carbocycles. The molecule has 2 amide bonds. The van der Waals surface area contributed by atoms with E-state index in [1.165, 1.54) is 12.3 Å². The van der Waals surface area contributed by atoms with Crippen molar-refractivity contribution in [1.29, 1.82) is 0 Å². The number of hydrogen-bond acceptors (Lipinski definition) is 5. The van der Waals surface area contributed by atoms with Crippen molar-refractivity contribution < 1.29 is 18.7 Å². The molecule has 2 saturated heterocycles. The summed E-state index contributed by atoms with van der Waals surface area (Å²) in [5, 5.41) is 3.36. The molecule has 1 N–H and O–H groups in total. The molecule has 9 heteroatoms. The molecule has 2 fully saturated rings. The van der Waals surface area contributed by atoms with Crippen LogP contribution in [-0.4, -0.2) is 65.0 Å². The van der Waals surface area contributed by atoms with Gasteiger partial charge in [0, 0.05) is 55.7 Å². The first kappa shape index (κ1) is 25.5. The lowest BCUT2D eigenvalue weighted by atomic mass is 10.0. The Morgan fingerprint density at radius 1 is 1.26 bits per heavy atom. The van der Waals surface area contributed by atoms with Crippen molar-refractivity contribution in [2.75, 3.05) is 31.6 Å². The van der Waals surface area contributed by atoms with E-state index < -0.39 is 11.7 Å². The van der Waals surface area contributed by atoms with Crippen LogP contribution in [0, 0.1) is 19.7 Å². The van der Waals surface area contributed by atoms with Gasteiger partial charge in [-0.1, -0.05) is 18.5 Å². The van der Waals surface area contributed by atoms with Crippen LogP contribution in [0.25, 0.3) is 0 Å². The summed E-state index contributed by atoms with van der Waals surface area (Å²) in [6, 6.07) is 4.91. The van der Waals surface area contributed by atoms with E-state index in [1.807, 2.05) is 17.9 Å². The van der Waals surface area contributed by atoms with Crippen molar-refractivity contribution >= 4 is 29.1 Å². The lowest BCUT2D eigenvalue weighted by Gasteiger charge is -2.42. The number of pyridine rings is 1. The standard InChI is InChI=1S/C26H32ClFN4O3/c1-4-21-15-31(7-8-32(21)26(34)24-6-5-9-35-24)14-19-10-20(27)12-23(16(19)2)30-25(33)18-11-22(28)17(3)29-13-18/h10-13,21,24H,4-9,14-15H2,1-3H3,(H,30,33)/t21-,24+/m0/s1. The Morgan fingerprint density at radius 3 is 2.74 bits per heavy atom. The number of anilines is 1. The summed E-state index contributed by atoms with van der Waals surface area (Å²) in [5.41, 5.74) is 2.86. The van der Waals surface area contributed by atoms with Crippen molar-refractivity contribution in [2.24, 2.45) is 0 Å². The number of halogens is 2. The number of benzene rings is 1. The van der Waals surface area contributed by atoms with Gasteiger partial charge in [0.15, 0.2) is 0 Å². The number of aromatic nitrogens is 1. The van der Waals surface area contributed by atoms with Crippen molar-refractivity contribution in [2.45, 2.75) is 58.7 Å². The maximum absolute atomic E-state index is 13.9. The zero-order chi connectivity index (χ0) is 25.1. The van der Waals surface area contributed by atoms with Gasteiger partial charge < -0.3 is 15.0 Å². The van der Waals surface area contributed by atoms with Crippen LogP contribution in [0.1, 0.15) is 53.4 Å². The Balaban J connectivity index is 1.45. The molecule has 1 aromatic heterocycles. The number of aryl methyl sites for hydroxylation is 1. The van der Waals surface area contributed by atoms with Gasteiger partial charge in [0.1, 0.15) is 11.9 Å². The maximum atomic E-state index is 13.9. The Morgan fingerprint density at radius 2 is 2.06 bits per heavy atom. The van der Waals surface area contributed by atoms with Crippen molar-refractivity contribution in [3.63, 3.8) is 0 Å². The monoisotopic (exact) mass is 502 g/mol. The maximum Gasteiger partial charge on any atom is 0.257 e. The first-order chi connectivity index (χ1) is 16.8. The molecule has 2 aliphatic heterocycles. The predicted octanol–water partition coefficient (Wildman–Crippen LogP) is 4.35. The third-order valence-corrected chi connectivity index (χ3v) is 7.15. The van der Waals surface area contributed by atoms with Gasteiger partial charge in [-0.25, -0.2) is 4.39 Å². The van der Waals surface area contributed by atoms with E-state index >= 15 is 0 Å². The van der Waals surface area contributed by atoms with Crippen LogP contribution in [0.2, 0.25) is 5.02 Å². The first-order valence-corrected chi connectivity index (χ1v) is 12.5. The van der Waals surface area contributed by atoms with Crippen LogP contribution in [0.5, 0.6) is 0 Å². The highest BCUT2D eigenvalue weighted by Gasteiger charge is 2.35. The largest absolute Gasteiger partial charge is 0.368 e. The van der Waals surface area contributed by atoms with Crippen LogP contribution < -0.4 is 5.32 Å². The topological polar surface area (TPSA) is 74.8 Å². The van der Waals surface area contributed by atoms with Crippen LogP contribution in [0.3, 0.4) is 0 Å². The summed E-state index contributed by atoms with van der Waals surface area (Å²) in [4.78, 5) is 33.9. The molecule has 188 valence electrons. The highest BCUT2D eigenvalue weighted by molar-refractivity contribution is 6.31. The number of amides is 2. The fourth-order valence-corrected chi connectivity index (χ4v) is 5.00. The molecule has 7 nitrogen and oxygen atoms in total.